The van der Waals surface area contributed by atoms with Crippen molar-refractivity contribution in [3.8, 4) is 0 Å². The molecule has 0 aliphatic heterocycles. The molecule has 0 rings (SSSR count). The number of nitrogens with one attached hydrogen (secondary N) is 1. The topological polar surface area (TPSA) is 95.9 Å². The van der Waals surface area contributed by atoms with Gasteiger partial charge in [-0.05, 0) is 77.0 Å². The number of allylic oxidation sites excluding steroid dienone is 4. The maximum Gasteiger partial charge on any atom is 0.305 e. The number of ether oxygens (including phenoxy) is 1. The van der Waals surface area contributed by atoms with Crippen molar-refractivity contribution >= 4 is 11.9 Å². The second kappa shape index (κ2) is 80.8. The van der Waals surface area contributed by atoms with Crippen LogP contribution in [0.25, 0.3) is 0 Å². The molecule has 540 valence electrons. The van der Waals surface area contributed by atoms with E-state index in [1.54, 1.807) is 0 Å². The highest BCUT2D eigenvalue weighted by molar-refractivity contribution is 5.76. The Kier molecular flexibility index (Phi) is 79.3. The molecule has 0 aliphatic carbocycles. The number of carbonyl (C=O) groups excluding carboxylic acids is 2. The molecule has 2 unspecified atom stereocenters. The zero-order valence-electron chi connectivity index (χ0n) is 62.1. The summed E-state index contributed by atoms with van der Waals surface area (Å²) in [5, 5.41) is 23.5. The number of unbranched alkanes of at least 4 members (excludes halogenated alkanes) is 65. The normalized spacial score (nSPS) is 12.5. The Hall–Kier alpha value is -1.66. The lowest BCUT2D eigenvalue weighted by molar-refractivity contribution is -0.143. The molecule has 0 aromatic heterocycles. The van der Waals surface area contributed by atoms with Crippen LogP contribution in [0.1, 0.15) is 483 Å². The minimum atomic E-state index is -0.663. The summed E-state index contributed by atoms with van der Waals surface area (Å²) in [4.78, 5) is 24.7. The molecular weight excluding hydrogens is 1110 g/mol. The monoisotopic (exact) mass is 1280 g/mol. The van der Waals surface area contributed by atoms with Crippen molar-refractivity contribution in [2.45, 2.75) is 495 Å². The Balaban J connectivity index is 3.34. The SMILES string of the molecule is CCCCCCC/C=C\CCCCCCCC(=O)OCCCCCCCCCCCCCCCC/C=C\CCCCCCCCCCCCCCCCCCCC(=O)NC(CO)C(O)CCCCCCCCCCCCCCCCCCCCCCCCCCC. The summed E-state index contributed by atoms with van der Waals surface area (Å²) >= 11 is 0. The third kappa shape index (κ3) is 77.2. The molecule has 0 aromatic rings. The van der Waals surface area contributed by atoms with Crippen molar-refractivity contribution in [3.63, 3.8) is 0 Å². The van der Waals surface area contributed by atoms with E-state index in [1.807, 2.05) is 0 Å². The van der Waals surface area contributed by atoms with E-state index < -0.39 is 12.1 Å². The summed E-state index contributed by atoms with van der Waals surface area (Å²) in [7, 11) is 0. The largest absolute Gasteiger partial charge is 0.466 e. The molecule has 0 bridgehead atoms. The van der Waals surface area contributed by atoms with Gasteiger partial charge in [-0.25, -0.2) is 0 Å². The molecule has 0 aromatic carbocycles. The third-order valence-corrected chi connectivity index (χ3v) is 20.0. The van der Waals surface area contributed by atoms with Gasteiger partial charge < -0.3 is 20.3 Å². The van der Waals surface area contributed by atoms with Crippen molar-refractivity contribution in [3.05, 3.63) is 24.3 Å². The quantitative estimate of drug-likeness (QED) is 0.0320. The summed E-state index contributed by atoms with van der Waals surface area (Å²) in [5.41, 5.74) is 0. The van der Waals surface area contributed by atoms with Gasteiger partial charge in [0.25, 0.3) is 0 Å². The lowest BCUT2D eigenvalue weighted by Gasteiger charge is -2.22. The van der Waals surface area contributed by atoms with E-state index in [9.17, 15) is 19.8 Å². The zero-order chi connectivity index (χ0) is 65.6. The van der Waals surface area contributed by atoms with Crippen LogP contribution in [0, 0.1) is 0 Å². The van der Waals surface area contributed by atoms with Gasteiger partial charge in [-0.1, -0.05) is 417 Å². The Morgan fingerprint density at radius 3 is 0.780 bits per heavy atom. The minimum Gasteiger partial charge on any atom is -0.466 e. The first-order valence-electron chi connectivity index (χ1n) is 42.1. The molecule has 0 heterocycles. The second-order valence-electron chi connectivity index (χ2n) is 29.2. The fourth-order valence-electron chi connectivity index (χ4n) is 13.6. The van der Waals surface area contributed by atoms with Gasteiger partial charge in [0, 0.05) is 12.8 Å². The summed E-state index contributed by atoms with van der Waals surface area (Å²) in [6.07, 6.45) is 104. The van der Waals surface area contributed by atoms with E-state index in [4.69, 9.17) is 4.74 Å². The Morgan fingerprint density at radius 2 is 0.516 bits per heavy atom. The molecule has 2 atom stereocenters. The summed E-state index contributed by atoms with van der Waals surface area (Å²) in [6, 6.07) is -0.540. The van der Waals surface area contributed by atoms with Crippen LogP contribution in [0.5, 0.6) is 0 Å². The smallest absolute Gasteiger partial charge is 0.305 e. The van der Waals surface area contributed by atoms with Gasteiger partial charge in [0.15, 0.2) is 0 Å². The van der Waals surface area contributed by atoms with Crippen molar-refractivity contribution in [2.24, 2.45) is 0 Å². The first kappa shape index (κ1) is 89.3. The molecule has 6 heteroatoms. The molecule has 0 fully saturated rings. The van der Waals surface area contributed by atoms with Crippen molar-refractivity contribution in [1.82, 2.24) is 5.32 Å². The number of rotatable bonds is 80. The van der Waals surface area contributed by atoms with Gasteiger partial charge in [0.05, 0.1) is 25.4 Å². The number of hydrogen-bond donors (Lipinski definition) is 3. The fraction of sp³-hybridized carbons (Fsp3) is 0.929. The van der Waals surface area contributed by atoms with E-state index in [0.29, 0.717) is 25.9 Å². The van der Waals surface area contributed by atoms with E-state index in [1.165, 1.54) is 405 Å². The number of carbonyl (C=O) groups is 2. The standard InChI is InChI=1S/C85H165NO5/c1-3-5-7-9-11-13-15-17-19-20-21-22-23-35-38-41-44-47-50-53-57-61-65-69-73-77-83(88)82(81-87)86-84(89)78-74-70-66-62-58-54-51-48-45-42-39-36-33-31-29-27-25-24-26-28-30-32-34-37-40-43-46-49-52-56-60-64-68-72-76-80-91-85(90)79-75-71-67-63-59-55-18-16-14-12-10-8-6-4-2/h16,18,26,28,82-83,87-88H,3-15,17,19-25,27,29-81H2,1-2H3,(H,86,89)/b18-16-,28-26-. The fourth-order valence-corrected chi connectivity index (χ4v) is 13.6. The molecule has 1 amide bonds. The molecule has 0 saturated heterocycles. The Bertz CT molecular complexity index is 1430. The number of aliphatic hydroxyl groups excluding tert-OH is 2. The Labute approximate surface area is 571 Å². The highest BCUT2D eigenvalue weighted by atomic mass is 16.5. The lowest BCUT2D eigenvalue weighted by atomic mass is 10.0. The number of esters is 1. The molecule has 91 heavy (non-hydrogen) atoms. The molecule has 0 spiro atoms. The average molecular weight is 1280 g/mol. The van der Waals surface area contributed by atoms with E-state index >= 15 is 0 Å². The summed E-state index contributed by atoms with van der Waals surface area (Å²) < 4.78 is 5.49. The number of hydrogen-bond acceptors (Lipinski definition) is 5. The van der Waals surface area contributed by atoms with Crippen LogP contribution in [0.2, 0.25) is 0 Å². The van der Waals surface area contributed by atoms with Crippen LogP contribution in [0.3, 0.4) is 0 Å². The molecule has 6 nitrogen and oxygen atoms in total. The number of aliphatic hydroxyl groups is 2. The van der Waals surface area contributed by atoms with E-state index in [-0.39, 0.29) is 18.5 Å². The van der Waals surface area contributed by atoms with E-state index in [2.05, 4.69) is 43.5 Å². The van der Waals surface area contributed by atoms with E-state index in [0.717, 1.165) is 44.9 Å². The predicted octanol–water partition coefficient (Wildman–Crippen LogP) is 28.0. The van der Waals surface area contributed by atoms with Crippen LogP contribution in [-0.2, 0) is 14.3 Å². The van der Waals surface area contributed by atoms with Gasteiger partial charge in [-0.3, -0.25) is 9.59 Å². The van der Waals surface area contributed by atoms with Crippen molar-refractivity contribution < 1.29 is 24.5 Å². The van der Waals surface area contributed by atoms with Gasteiger partial charge in [0.1, 0.15) is 0 Å². The molecular formula is C85H165NO5. The van der Waals surface area contributed by atoms with Crippen LogP contribution in [0.4, 0.5) is 0 Å². The molecule has 0 radical (unpaired) electrons. The maximum absolute atomic E-state index is 12.6. The highest BCUT2D eigenvalue weighted by Crippen LogP contribution is 2.21. The number of amides is 1. The van der Waals surface area contributed by atoms with Crippen LogP contribution < -0.4 is 5.32 Å². The molecule has 0 saturated carbocycles. The van der Waals surface area contributed by atoms with Gasteiger partial charge >= 0.3 is 5.97 Å². The molecule has 0 aliphatic rings. The summed E-state index contributed by atoms with van der Waals surface area (Å²) in [6.45, 7) is 5.00. The minimum absolute atomic E-state index is 0.0127. The Morgan fingerprint density at radius 1 is 0.297 bits per heavy atom. The third-order valence-electron chi connectivity index (χ3n) is 20.0. The van der Waals surface area contributed by atoms with Crippen LogP contribution >= 0.6 is 0 Å². The maximum atomic E-state index is 12.6. The zero-order valence-corrected chi connectivity index (χ0v) is 62.1. The van der Waals surface area contributed by atoms with Crippen molar-refractivity contribution in [2.75, 3.05) is 13.2 Å². The summed E-state index contributed by atoms with van der Waals surface area (Å²) in [5.74, 6) is -0.0124. The van der Waals surface area contributed by atoms with Gasteiger partial charge in [0.2, 0.25) is 5.91 Å². The average Bonchev–Trinajstić information content (AvgIpc) is 3.64. The van der Waals surface area contributed by atoms with Gasteiger partial charge in [-0.2, -0.15) is 0 Å². The lowest BCUT2D eigenvalue weighted by Crippen LogP contribution is -2.45. The highest BCUT2D eigenvalue weighted by Gasteiger charge is 2.20. The van der Waals surface area contributed by atoms with Crippen LogP contribution in [-0.4, -0.2) is 47.4 Å². The first-order valence-corrected chi connectivity index (χ1v) is 42.1. The predicted molar refractivity (Wildman–Crippen MR) is 403 cm³/mol. The first-order chi connectivity index (χ1) is 45.0. The molecule has 3 N–H and O–H groups in total. The van der Waals surface area contributed by atoms with Gasteiger partial charge in [-0.15, -0.1) is 0 Å². The second-order valence-corrected chi connectivity index (χ2v) is 29.2. The van der Waals surface area contributed by atoms with Crippen molar-refractivity contribution in [1.29, 1.82) is 0 Å². The van der Waals surface area contributed by atoms with Crippen LogP contribution in [0.15, 0.2) is 24.3 Å².